The van der Waals surface area contributed by atoms with E-state index in [1.165, 1.54) is 49.8 Å². The molecule has 1 amide bonds. The SMILES string of the molecule is Cn1nc(NS(N)(=O)=O)c2c(Cl)ccc(-c3ccc(C#CC(C)(C)O)nc3[C@H](Cc3cc(F)cc(F)c3)NC(=O)Cn3nc(C(F)(F)F)c4c3C(F)(F)[C@@H]3C#C[C@H]43)c21. The number of hydrogen-bond acceptors (Lipinski definition) is 7. The minimum atomic E-state index is -5.17. The molecule has 7 rings (SSSR count). The number of carbonyl (C=O) groups is 1. The molecule has 3 atom stereocenters. The number of benzene rings is 2. The van der Waals surface area contributed by atoms with Gasteiger partial charge in [0.25, 0.3) is 10.2 Å². The fraction of sp³-hybridized carbons (Fsp3) is 0.297. The predicted molar refractivity (Wildman–Crippen MR) is 195 cm³/mol. The molecule has 0 aliphatic heterocycles. The maximum absolute atomic E-state index is 15.5. The third-order valence-corrected chi connectivity index (χ3v) is 10.0. The smallest absolute Gasteiger partial charge is 0.378 e. The molecule has 2 aliphatic carbocycles. The maximum Gasteiger partial charge on any atom is 0.435 e. The number of carbonyl (C=O) groups excluding carboxylic acids is 1. The van der Waals surface area contributed by atoms with Crippen LogP contribution in [-0.2, 0) is 47.1 Å². The summed E-state index contributed by atoms with van der Waals surface area (Å²) in [4.78, 5) is 18.6. The molecule has 0 fully saturated rings. The summed E-state index contributed by atoms with van der Waals surface area (Å²) in [5, 5.41) is 25.8. The highest BCUT2D eigenvalue weighted by molar-refractivity contribution is 7.90. The van der Waals surface area contributed by atoms with Gasteiger partial charge >= 0.3 is 12.1 Å². The summed E-state index contributed by atoms with van der Waals surface area (Å²) < 4.78 is 130. The molecule has 0 saturated carbocycles. The number of nitrogens with one attached hydrogen (secondary N) is 2. The van der Waals surface area contributed by atoms with Crippen molar-refractivity contribution in [2.45, 2.75) is 56.5 Å². The Balaban J connectivity index is 1.39. The summed E-state index contributed by atoms with van der Waals surface area (Å²) in [6.45, 7) is 1.63. The molecule has 3 heterocycles. The zero-order valence-corrected chi connectivity index (χ0v) is 31.7. The van der Waals surface area contributed by atoms with Crippen LogP contribution in [0.15, 0.2) is 42.5 Å². The van der Waals surface area contributed by atoms with Crippen LogP contribution in [-0.4, -0.2) is 49.6 Å². The minimum absolute atomic E-state index is 0.00664. The highest BCUT2D eigenvalue weighted by Crippen LogP contribution is 2.58. The Morgan fingerprint density at radius 1 is 1.09 bits per heavy atom. The fourth-order valence-corrected chi connectivity index (χ4v) is 7.65. The highest BCUT2D eigenvalue weighted by atomic mass is 35.5. The monoisotopic (exact) mass is 848 g/mol. The summed E-state index contributed by atoms with van der Waals surface area (Å²) in [5.41, 5.74) is -4.55. The van der Waals surface area contributed by atoms with E-state index in [2.05, 4.69) is 48.9 Å². The molecule has 21 heteroatoms. The number of aryl methyl sites for hydroxylation is 1. The van der Waals surface area contributed by atoms with E-state index in [1.807, 2.05) is 0 Å². The number of alkyl halides is 5. The van der Waals surface area contributed by atoms with Crippen LogP contribution < -0.4 is 15.2 Å². The lowest BCUT2D eigenvalue weighted by molar-refractivity contribution is -0.142. The number of rotatable bonds is 9. The van der Waals surface area contributed by atoms with Gasteiger partial charge in [0.1, 0.15) is 41.1 Å². The topological polar surface area (TPSA) is 170 Å². The Morgan fingerprint density at radius 2 is 1.76 bits per heavy atom. The van der Waals surface area contributed by atoms with Crippen LogP contribution in [0, 0.1) is 41.2 Å². The number of aliphatic hydroxyl groups is 1. The first-order valence-corrected chi connectivity index (χ1v) is 18.9. The lowest BCUT2D eigenvalue weighted by Crippen LogP contribution is -2.36. The van der Waals surface area contributed by atoms with Crippen LogP contribution in [0.4, 0.5) is 36.6 Å². The molecule has 0 saturated heterocycles. The van der Waals surface area contributed by atoms with Gasteiger partial charge in [0, 0.05) is 29.8 Å². The average Bonchev–Trinajstić information content (AvgIpc) is 3.64. The van der Waals surface area contributed by atoms with E-state index < -0.39 is 93.2 Å². The quantitative estimate of drug-likeness (QED) is 0.113. The third-order valence-electron chi connectivity index (χ3n) is 9.21. The number of pyridine rings is 1. The molecule has 0 radical (unpaired) electrons. The van der Waals surface area contributed by atoms with Gasteiger partial charge < -0.3 is 10.4 Å². The summed E-state index contributed by atoms with van der Waals surface area (Å²) >= 11 is 6.52. The van der Waals surface area contributed by atoms with Crippen molar-refractivity contribution in [1.29, 1.82) is 0 Å². The Hall–Kier alpha value is -5.67. The molecule has 3 aromatic heterocycles. The first kappa shape index (κ1) is 40.5. The first-order valence-electron chi connectivity index (χ1n) is 17.0. The van der Waals surface area contributed by atoms with E-state index in [9.17, 15) is 40.3 Å². The molecular weight excluding hydrogens is 821 g/mol. The molecule has 2 aromatic carbocycles. The van der Waals surface area contributed by atoms with E-state index in [1.54, 1.807) is 0 Å². The van der Waals surface area contributed by atoms with Gasteiger partial charge in [0.2, 0.25) is 5.91 Å². The molecule has 0 bridgehead atoms. The van der Waals surface area contributed by atoms with Gasteiger partial charge in [0.15, 0.2) is 11.5 Å². The van der Waals surface area contributed by atoms with E-state index in [0.29, 0.717) is 6.07 Å². The van der Waals surface area contributed by atoms with Gasteiger partial charge in [-0.1, -0.05) is 35.4 Å². The lowest BCUT2D eigenvalue weighted by atomic mass is 9.84. The molecule has 5 N–H and O–H groups in total. The number of nitrogens with two attached hydrogens (primary N) is 1. The number of anilines is 1. The number of fused-ring (bicyclic) bond motifs is 4. The average molecular weight is 849 g/mol. The number of amides is 1. The van der Waals surface area contributed by atoms with E-state index >= 15 is 8.78 Å². The van der Waals surface area contributed by atoms with Gasteiger partial charge in [-0.2, -0.15) is 40.6 Å². The first-order chi connectivity index (χ1) is 26.9. The normalized spacial score (nSPS) is 17.3. The molecule has 302 valence electrons. The van der Waals surface area contributed by atoms with Crippen molar-refractivity contribution in [3.8, 4) is 34.8 Å². The Kier molecular flexibility index (Phi) is 9.79. The summed E-state index contributed by atoms with van der Waals surface area (Å²) in [6.07, 6.45) is -5.61. The van der Waals surface area contributed by atoms with Crippen molar-refractivity contribution >= 4 is 44.4 Å². The van der Waals surface area contributed by atoms with Gasteiger partial charge in [0.05, 0.1) is 33.6 Å². The van der Waals surface area contributed by atoms with Crippen molar-refractivity contribution in [3.63, 3.8) is 0 Å². The number of hydrogen-bond donors (Lipinski definition) is 4. The minimum Gasteiger partial charge on any atom is -0.378 e. The largest absolute Gasteiger partial charge is 0.435 e. The van der Waals surface area contributed by atoms with Crippen molar-refractivity contribution < 1.29 is 49.1 Å². The molecule has 0 unspecified atom stereocenters. The van der Waals surface area contributed by atoms with Crippen LogP contribution in [0.1, 0.15) is 59.7 Å². The second-order valence-electron chi connectivity index (χ2n) is 14.1. The van der Waals surface area contributed by atoms with Crippen molar-refractivity contribution in [1.82, 2.24) is 29.9 Å². The molecule has 5 aromatic rings. The molecule has 2 aliphatic rings. The number of halogens is 8. The van der Waals surface area contributed by atoms with Gasteiger partial charge in [-0.05, 0) is 62.1 Å². The Labute approximate surface area is 329 Å². The molecular formula is C37H28ClF7N8O4S. The standard InChI is InChI=1S/C37H28ClF7N8O4S/c1-35(2,55)11-10-20-4-5-21(22-7-9-25(38)29-31(22)52(3)50-34(29)51-58(46,56)57)30(47-20)26(14-17-12-18(39)15-19(40)13-17)48-27(54)16-53-33-28(32(49-53)37(43,44)45)23-6-8-24(23)36(33,41)42/h4-5,7,9,12-13,15,23-24,26,55H,14,16H2,1-3H3,(H,48,54)(H,50,51)(H2,46,56,57)/t23-,24+,26-/m0/s1. The zero-order chi connectivity index (χ0) is 42.3. The van der Waals surface area contributed by atoms with Crippen LogP contribution in [0.5, 0.6) is 0 Å². The van der Waals surface area contributed by atoms with E-state index in [4.69, 9.17) is 16.7 Å². The lowest BCUT2D eigenvalue weighted by Gasteiger charge is -2.24. The van der Waals surface area contributed by atoms with Gasteiger partial charge in [-0.25, -0.2) is 18.9 Å². The van der Waals surface area contributed by atoms with Crippen LogP contribution in [0.3, 0.4) is 0 Å². The summed E-state index contributed by atoms with van der Waals surface area (Å²) in [7, 11) is -2.91. The molecule has 0 spiro atoms. The Bertz CT molecular complexity index is 2770. The maximum atomic E-state index is 15.5. The van der Waals surface area contributed by atoms with Crippen LogP contribution in [0.2, 0.25) is 5.02 Å². The Morgan fingerprint density at radius 3 is 2.36 bits per heavy atom. The fourth-order valence-electron chi connectivity index (χ4n) is 6.99. The second kappa shape index (κ2) is 14.0. The van der Waals surface area contributed by atoms with Gasteiger partial charge in [-0.3, -0.25) is 18.9 Å². The number of aromatic nitrogens is 5. The van der Waals surface area contributed by atoms with Crippen molar-refractivity contribution in [2.24, 2.45) is 18.1 Å². The third kappa shape index (κ3) is 7.67. The van der Waals surface area contributed by atoms with Crippen LogP contribution >= 0.6 is 11.6 Å². The van der Waals surface area contributed by atoms with Crippen molar-refractivity contribution in [3.05, 3.63) is 93.0 Å². The highest BCUT2D eigenvalue weighted by Gasteiger charge is 2.62. The van der Waals surface area contributed by atoms with Gasteiger partial charge in [-0.15, -0.1) is 0 Å². The van der Waals surface area contributed by atoms with E-state index in [-0.39, 0.29) is 54.5 Å². The van der Waals surface area contributed by atoms with E-state index in [0.717, 1.165) is 12.1 Å². The predicted octanol–water partition coefficient (Wildman–Crippen LogP) is 5.44. The summed E-state index contributed by atoms with van der Waals surface area (Å²) in [6, 6.07) is 6.88. The van der Waals surface area contributed by atoms with Crippen LogP contribution in [0.25, 0.3) is 22.0 Å². The summed E-state index contributed by atoms with van der Waals surface area (Å²) in [5.74, 6) is -0.640. The van der Waals surface area contributed by atoms with Crippen molar-refractivity contribution in [2.75, 3.05) is 4.72 Å². The second-order valence-corrected chi connectivity index (χ2v) is 15.8. The molecule has 12 nitrogen and oxygen atoms in total. The molecule has 58 heavy (non-hydrogen) atoms. The number of nitrogens with zero attached hydrogens (tertiary/aromatic N) is 5. The zero-order valence-electron chi connectivity index (χ0n) is 30.1.